The lowest BCUT2D eigenvalue weighted by atomic mass is 10.1. The highest BCUT2D eigenvalue weighted by atomic mass is 32.1. The highest BCUT2D eigenvalue weighted by Crippen LogP contribution is 2.31. The van der Waals surface area contributed by atoms with Crippen LogP contribution >= 0.6 is 11.3 Å². The number of rotatable bonds is 2. The summed E-state index contributed by atoms with van der Waals surface area (Å²) in [5, 5.41) is 2.93. The molecule has 3 aromatic rings. The van der Waals surface area contributed by atoms with Crippen LogP contribution in [0.3, 0.4) is 0 Å². The molecule has 3 rings (SSSR count). The van der Waals surface area contributed by atoms with Gasteiger partial charge in [-0.25, -0.2) is 9.37 Å². The Kier molecular flexibility index (Phi) is 3.24. The van der Waals surface area contributed by atoms with Gasteiger partial charge in [-0.05, 0) is 30.7 Å². The molecule has 20 heavy (non-hydrogen) atoms. The van der Waals surface area contributed by atoms with E-state index in [0.29, 0.717) is 0 Å². The van der Waals surface area contributed by atoms with Crippen molar-refractivity contribution in [2.45, 2.75) is 6.92 Å². The zero-order chi connectivity index (χ0) is 14.1. The summed E-state index contributed by atoms with van der Waals surface area (Å²) in [5.74, 6) is -0.400. The molecule has 0 bridgehead atoms. The van der Waals surface area contributed by atoms with Crippen LogP contribution in [0.4, 0.5) is 10.1 Å². The molecule has 0 aliphatic carbocycles. The Morgan fingerprint density at radius 2 is 1.95 bits per heavy atom. The maximum Gasteiger partial charge on any atom is 0.146 e. The molecule has 1 heterocycles. The van der Waals surface area contributed by atoms with Crippen LogP contribution in [0.5, 0.6) is 0 Å². The van der Waals surface area contributed by atoms with Crippen molar-refractivity contribution in [1.29, 1.82) is 0 Å². The van der Waals surface area contributed by atoms with Gasteiger partial charge >= 0.3 is 0 Å². The van der Waals surface area contributed by atoms with Crippen molar-refractivity contribution in [3.63, 3.8) is 0 Å². The number of nitrogens with zero attached hydrogens (tertiary/aromatic N) is 1. The van der Waals surface area contributed by atoms with Crippen molar-refractivity contribution in [3.05, 3.63) is 59.2 Å². The fourth-order valence-corrected chi connectivity index (χ4v) is 2.97. The van der Waals surface area contributed by atoms with Crippen LogP contribution in [0.2, 0.25) is 0 Å². The smallest absolute Gasteiger partial charge is 0.146 e. The number of aromatic nitrogens is 1. The van der Waals surface area contributed by atoms with Crippen molar-refractivity contribution in [2.24, 2.45) is 0 Å². The molecule has 0 saturated carbocycles. The Labute approximate surface area is 120 Å². The van der Waals surface area contributed by atoms with Crippen molar-refractivity contribution in [1.82, 2.24) is 4.98 Å². The Hall–Kier alpha value is -2.20. The zero-order valence-corrected chi connectivity index (χ0v) is 11.7. The lowest BCUT2D eigenvalue weighted by molar-refractivity contribution is 0.632. The van der Waals surface area contributed by atoms with Gasteiger partial charge in [-0.15, -0.1) is 11.3 Å². The number of nitrogens with two attached hydrogens (primary N) is 1. The topological polar surface area (TPSA) is 38.9 Å². The number of halogens is 1. The lowest BCUT2D eigenvalue weighted by Gasteiger charge is -2.01. The van der Waals surface area contributed by atoms with Crippen LogP contribution in [0.25, 0.3) is 21.8 Å². The van der Waals surface area contributed by atoms with E-state index in [1.807, 2.05) is 17.5 Å². The highest BCUT2D eigenvalue weighted by molar-refractivity contribution is 7.13. The minimum Gasteiger partial charge on any atom is -0.396 e. The van der Waals surface area contributed by atoms with E-state index in [2.05, 4.69) is 24.0 Å². The van der Waals surface area contributed by atoms with Crippen molar-refractivity contribution < 1.29 is 4.39 Å². The average Bonchev–Trinajstić information content (AvgIpc) is 2.92. The Morgan fingerprint density at radius 1 is 1.15 bits per heavy atom. The lowest BCUT2D eigenvalue weighted by Crippen LogP contribution is -1.91. The Balaban J connectivity index is 2.02. The predicted octanol–water partition coefficient (Wildman–Crippen LogP) is 4.51. The number of hydrogen-bond acceptors (Lipinski definition) is 3. The largest absolute Gasteiger partial charge is 0.396 e. The first-order chi connectivity index (χ1) is 9.65. The maximum atomic E-state index is 13.2. The van der Waals surface area contributed by atoms with Gasteiger partial charge in [0.15, 0.2) is 0 Å². The predicted molar refractivity (Wildman–Crippen MR) is 82.1 cm³/mol. The van der Waals surface area contributed by atoms with Gasteiger partial charge in [-0.3, -0.25) is 0 Å². The molecule has 0 atom stereocenters. The third-order valence-corrected chi connectivity index (χ3v) is 4.05. The first kappa shape index (κ1) is 12.8. The van der Waals surface area contributed by atoms with Crippen molar-refractivity contribution in [2.75, 3.05) is 5.73 Å². The van der Waals surface area contributed by atoms with Gasteiger partial charge in [-0.2, -0.15) is 0 Å². The second-order valence-electron chi connectivity index (χ2n) is 4.59. The van der Waals surface area contributed by atoms with Crippen LogP contribution < -0.4 is 5.73 Å². The molecule has 2 N–H and O–H groups in total. The molecule has 0 unspecified atom stereocenters. The normalized spacial score (nSPS) is 10.7. The van der Waals surface area contributed by atoms with E-state index in [-0.39, 0.29) is 5.69 Å². The van der Waals surface area contributed by atoms with Gasteiger partial charge < -0.3 is 5.73 Å². The summed E-state index contributed by atoms with van der Waals surface area (Å²) in [7, 11) is 0. The highest BCUT2D eigenvalue weighted by Gasteiger charge is 2.09. The average molecular weight is 284 g/mol. The summed E-state index contributed by atoms with van der Waals surface area (Å²) in [6.07, 6.45) is 0. The fourth-order valence-electron chi connectivity index (χ4n) is 2.05. The molecule has 0 aliphatic rings. The number of anilines is 1. The van der Waals surface area contributed by atoms with Crippen molar-refractivity contribution in [3.8, 4) is 21.8 Å². The van der Waals surface area contributed by atoms with Gasteiger partial charge in [0.2, 0.25) is 0 Å². The molecular weight excluding hydrogens is 271 g/mol. The van der Waals surface area contributed by atoms with Crippen LogP contribution in [0.15, 0.2) is 47.8 Å². The SMILES string of the molecule is Cc1ccccc1-c1nc(-c2ccc(F)c(N)c2)cs1. The molecule has 0 spiro atoms. The van der Waals surface area contributed by atoms with Crippen LogP contribution in [-0.2, 0) is 0 Å². The van der Waals surface area contributed by atoms with Gasteiger partial charge in [0.25, 0.3) is 0 Å². The molecule has 100 valence electrons. The maximum absolute atomic E-state index is 13.2. The van der Waals surface area contributed by atoms with Gasteiger partial charge in [0, 0.05) is 16.5 Å². The second-order valence-corrected chi connectivity index (χ2v) is 5.45. The van der Waals surface area contributed by atoms with Crippen molar-refractivity contribution >= 4 is 17.0 Å². The standard InChI is InChI=1S/C16H13FN2S/c1-10-4-2-3-5-12(10)16-19-15(9-20-16)11-6-7-13(17)14(18)8-11/h2-9H,18H2,1H3. The summed E-state index contributed by atoms with van der Waals surface area (Å²) in [4.78, 5) is 4.62. The minimum atomic E-state index is -0.400. The zero-order valence-electron chi connectivity index (χ0n) is 10.9. The number of benzene rings is 2. The number of nitrogen functional groups attached to an aromatic ring is 1. The Bertz CT molecular complexity index is 765. The third kappa shape index (κ3) is 2.30. The number of aryl methyl sites for hydroxylation is 1. The van der Waals surface area contributed by atoms with E-state index in [1.54, 1.807) is 23.5 Å². The first-order valence-electron chi connectivity index (χ1n) is 6.22. The molecule has 4 heteroatoms. The minimum absolute atomic E-state index is 0.146. The molecule has 0 fully saturated rings. The van der Waals surface area contributed by atoms with E-state index in [0.717, 1.165) is 21.8 Å². The molecule has 1 aromatic heterocycles. The molecule has 0 aliphatic heterocycles. The summed E-state index contributed by atoms with van der Waals surface area (Å²) >= 11 is 1.58. The third-order valence-electron chi connectivity index (χ3n) is 3.17. The van der Waals surface area contributed by atoms with Crippen LogP contribution in [-0.4, -0.2) is 4.98 Å². The molecule has 0 radical (unpaired) electrons. The van der Waals surface area contributed by atoms with Gasteiger partial charge in [0.05, 0.1) is 11.4 Å². The summed E-state index contributed by atoms with van der Waals surface area (Å²) in [6.45, 7) is 2.06. The van der Waals surface area contributed by atoms with Gasteiger partial charge in [-0.1, -0.05) is 24.3 Å². The van der Waals surface area contributed by atoms with Gasteiger partial charge in [0.1, 0.15) is 10.8 Å². The van der Waals surface area contributed by atoms with E-state index in [9.17, 15) is 4.39 Å². The molecule has 0 saturated heterocycles. The van der Waals surface area contributed by atoms with E-state index < -0.39 is 5.82 Å². The monoisotopic (exact) mass is 284 g/mol. The summed E-state index contributed by atoms with van der Waals surface area (Å²) < 4.78 is 13.2. The second kappa shape index (κ2) is 5.06. The molecule has 2 nitrogen and oxygen atoms in total. The molecule has 0 amide bonds. The Morgan fingerprint density at radius 3 is 2.70 bits per heavy atom. The quantitative estimate of drug-likeness (QED) is 0.703. The van der Waals surface area contributed by atoms with Crippen LogP contribution in [0, 0.1) is 12.7 Å². The number of hydrogen-bond donors (Lipinski definition) is 1. The van der Waals surface area contributed by atoms with Crippen LogP contribution in [0.1, 0.15) is 5.56 Å². The van der Waals surface area contributed by atoms with E-state index in [4.69, 9.17) is 5.73 Å². The molecular formula is C16H13FN2S. The van der Waals surface area contributed by atoms with E-state index in [1.165, 1.54) is 11.6 Å². The number of thiazole rings is 1. The first-order valence-corrected chi connectivity index (χ1v) is 7.10. The molecule has 2 aromatic carbocycles. The van der Waals surface area contributed by atoms with E-state index >= 15 is 0 Å². The summed E-state index contributed by atoms with van der Waals surface area (Å²) in [5.41, 5.74) is 9.71. The fraction of sp³-hybridized carbons (Fsp3) is 0.0625. The summed E-state index contributed by atoms with van der Waals surface area (Å²) in [6, 6.07) is 12.8.